The van der Waals surface area contributed by atoms with Gasteiger partial charge in [-0.3, -0.25) is 4.79 Å². The Bertz CT molecular complexity index is 375. The van der Waals surface area contributed by atoms with Crippen LogP contribution in [0.15, 0.2) is 12.4 Å². The predicted molar refractivity (Wildman–Crippen MR) is 64.5 cm³/mol. The van der Waals surface area contributed by atoms with Gasteiger partial charge in [0.2, 0.25) is 5.91 Å². The molecular weight excluding hydrogens is 214 g/mol. The van der Waals surface area contributed by atoms with E-state index in [1.165, 1.54) is 6.42 Å². The van der Waals surface area contributed by atoms with Crippen LogP contribution in [-0.4, -0.2) is 33.9 Å². The van der Waals surface area contributed by atoms with Gasteiger partial charge in [-0.25, -0.2) is 4.98 Å². The molecule has 4 nitrogen and oxygen atoms in total. The largest absolute Gasteiger partial charge is 0.348 e. The van der Waals surface area contributed by atoms with Crippen LogP contribution >= 0.6 is 0 Å². The Morgan fingerprint density at radius 2 is 2.06 bits per heavy atom. The van der Waals surface area contributed by atoms with E-state index in [2.05, 4.69) is 14.9 Å². The maximum Gasteiger partial charge on any atom is 0.225 e. The van der Waals surface area contributed by atoms with Crippen molar-refractivity contribution >= 4 is 5.91 Å². The molecule has 2 aliphatic rings. The first-order chi connectivity index (χ1) is 8.34. The number of hydrogen-bond donors (Lipinski definition) is 1. The third-order valence-electron chi connectivity index (χ3n) is 4.17. The lowest BCUT2D eigenvalue weighted by molar-refractivity contribution is -0.139. The number of imidazole rings is 1. The molecule has 1 saturated carbocycles. The smallest absolute Gasteiger partial charge is 0.225 e. The van der Waals surface area contributed by atoms with Gasteiger partial charge in [0.25, 0.3) is 0 Å². The molecule has 1 aliphatic carbocycles. The van der Waals surface area contributed by atoms with Crippen molar-refractivity contribution in [2.45, 2.75) is 38.0 Å². The van der Waals surface area contributed by atoms with E-state index >= 15 is 0 Å². The zero-order valence-electron chi connectivity index (χ0n) is 10.1. The number of amides is 1. The first kappa shape index (κ1) is 10.8. The van der Waals surface area contributed by atoms with Crippen LogP contribution in [-0.2, 0) is 4.79 Å². The number of rotatable bonds is 2. The summed E-state index contributed by atoms with van der Waals surface area (Å²) >= 11 is 0. The predicted octanol–water partition coefficient (Wildman–Crippen LogP) is 1.92. The molecule has 0 unspecified atom stereocenters. The molecule has 1 saturated heterocycles. The summed E-state index contributed by atoms with van der Waals surface area (Å²) in [4.78, 5) is 21.6. The zero-order chi connectivity index (χ0) is 11.7. The van der Waals surface area contributed by atoms with Crippen molar-refractivity contribution in [1.82, 2.24) is 14.9 Å². The minimum atomic E-state index is 0.343. The number of carbonyl (C=O) groups excluding carboxylic acids is 1. The SMILES string of the molecule is O=C(C1CCC1)N1CCC(c2ncc[nH]2)CC1. The van der Waals surface area contributed by atoms with Crippen LogP contribution in [0.25, 0.3) is 0 Å². The lowest BCUT2D eigenvalue weighted by Gasteiger charge is -2.36. The minimum absolute atomic E-state index is 0.343. The van der Waals surface area contributed by atoms with Gasteiger partial charge >= 0.3 is 0 Å². The number of aromatic amines is 1. The molecule has 1 amide bonds. The van der Waals surface area contributed by atoms with E-state index in [1.807, 2.05) is 6.20 Å². The average molecular weight is 233 g/mol. The lowest BCUT2D eigenvalue weighted by Crippen LogP contribution is -2.43. The van der Waals surface area contributed by atoms with E-state index < -0.39 is 0 Å². The first-order valence-electron chi connectivity index (χ1n) is 6.62. The molecule has 0 aromatic carbocycles. The fourth-order valence-electron chi connectivity index (χ4n) is 2.79. The summed E-state index contributed by atoms with van der Waals surface area (Å²) in [6, 6.07) is 0. The Labute approximate surface area is 101 Å². The van der Waals surface area contributed by atoms with Crippen LogP contribution in [0.3, 0.4) is 0 Å². The van der Waals surface area contributed by atoms with E-state index in [0.29, 0.717) is 17.7 Å². The van der Waals surface area contributed by atoms with E-state index in [0.717, 1.165) is 44.6 Å². The Kier molecular flexibility index (Phi) is 2.87. The molecule has 0 spiro atoms. The molecule has 2 heterocycles. The van der Waals surface area contributed by atoms with E-state index in [-0.39, 0.29) is 0 Å². The normalized spacial score (nSPS) is 22.5. The molecule has 17 heavy (non-hydrogen) atoms. The molecule has 92 valence electrons. The molecule has 2 fully saturated rings. The lowest BCUT2D eigenvalue weighted by atomic mass is 9.83. The fourth-order valence-corrected chi connectivity index (χ4v) is 2.79. The van der Waals surface area contributed by atoms with Gasteiger partial charge in [-0.2, -0.15) is 0 Å². The van der Waals surface area contributed by atoms with Crippen LogP contribution in [0.1, 0.15) is 43.8 Å². The Morgan fingerprint density at radius 1 is 1.29 bits per heavy atom. The van der Waals surface area contributed by atoms with Crippen LogP contribution in [0.4, 0.5) is 0 Å². The highest BCUT2D eigenvalue weighted by molar-refractivity contribution is 5.79. The van der Waals surface area contributed by atoms with Gasteiger partial charge in [0.15, 0.2) is 0 Å². The third-order valence-corrected chi connectivity index (χ3v) is 4.17. The summed E-state index contributed by atoms with van der Waals surface area (Å²) in [5.74, 6) is 2.33. The zero-order valence-corrected chi connectivity index (χ0v) is 10.1. The second-order valence-electron chi connectivity index (χ2n) is 5.20. The Balaban J connectivity index is 1.55. The number of aromatic nitrogens is 2. The van der Waals surface area contributed by atoms with E-state index in [9.17, 15) is 4.79 Å². The highest BCUT2D eigenvalue weighted by Crippen LogP contribution is 2.31. The molecular formula is C13H19N3O. The highest BCUT2D eigenvalue weighted by Gasteiger charge is 2.32. The number of H-pyrrole nitrogens is 1. The van der Waals surface area contributed by atoms with Crippen LogP contribution in [0.5, 0.6) is 0 Å². The number of likely N-dealkylation sites (tertiary alicyclic amines) is 1. The average Bonchev–Trinajstić information content (AvgIpc) is 2.80. The van der Waals surface area contributed by atoms with Crippen LogP contribution in [0, 0.1) is 5.92 Å². The highest BCUT2D eigenvalue weighted by atomic mass is 16.2. The maximum atomic E-state index is 12.1. The molecule has 1 aromatic rings. The van der Waals surface area contributed by atoms with Crippen molar-refractivity contribution in [3.8, 4) is 0 Å². The number of nitrogens with one attached hydrogen (secondary N) is 1. The first-order valence-corrected chi connectivity index (χ1v) is 6.62. The summed E-state index contributed by atoms with van der Waals surface area (Å²) < 4.78 is 0. The summed E-state index contributed by atoms with van der Waals surface area (Å²) in [7, 11) is 0. The topological polar surface area (TPSA) is 49.0 Å². The van der Waals surface area contributed by atoms with Crippen molar-refractivity contribution in [2.75, 3.05) is 13.1 Å². The maximum absolute atomic E-state index is 12.1. The number of nitrogens with zero attached hydrogens (tertiary/aromatic N) is 2. The Morgan fingerprint density at radius 3 is 2.59 bits per heavy atom. The van der Waals surface area contributed by atoms with Gasteiger partial charge in [0.05, 0.1) is 0 Å². The fraction of sp³-hybridized carbons (Fsp3) is 0.692. The van der Waals surface area contributed by atoms with E-state index in [4.69, 9.17) is 0 Å². The van der Waals surface area contributed by atoms with Gasteiger partial charge in [-0.1, -0.05) is 6.42 Å². The molecule has 0 bridgehead atoms. The summed E-state index contributed by atoms with van der Waals surface area (Å²) in [5.41, 5.74) is 0. The number of carbonyl (C=O) groups is 1. The van der Waals surface area contributed by atoms with Crippen molar-refractivity contribution in [2.24, 2.45) is 5.92 Å². The number of piperidine rings is 1. The standard InChI is InChI=1S/C13H19N3O/c17-13(11-2-1-3-11)16-8-4-10(5-9-16)12-14-6-7-15-12/h6-7,10-11H,1-5,8-9H2,(H,14,15). The van der Waals surface area contributed by atoms with Crippen LogP contribution < -0.4 is 0 Å². The Hall–Kier alpha value is -1.32. The molecule has 3 rings (SSSR count). The number of hydrogen-bond acceptors (Lipinski definition) is 2. The van der Waals surface area contributed by atoms with Gasteiger partial charge in [0, 0.05) is 37.3 Å². The molecule has 4 heteroatoms. The second kappa shape index (κ2) is 4.51. The summed E-state index contributed by atoms with van der Waals surface area (Å²) in [5, 5.41) is 0. The van der Waals surface area contributed by atoms with Gasteiger partial charge < -0.3 is 9.88 Å². The molecule has 1 aromatic heterocycles. The second-order valence-corrected chi connectivity index (χ2v) is 5.20. The van der Waals surface area contributed by atoms with E-state index in [1.54, 1.807) is 6.20 Å². The minimum Gasteiger partial charge on any atom is -0.348 e. The van der Waals surface area contributed by atoms with Crippen molar-refractivity contribution < 1.29 is 4.79 Å². The van der Waals surface area contributed by atoms with Gasteiger partial charge in [0.1, 0.15) is 5.82 Å². The molecule has 1 N–H and O–H groups in total. The van der Waals surface area contributed by atoms with Gasteiger partial charge in [-0.05, 0) is 25.7 Å². The molecule has 1 aliphatic heterocycles. The summed E-state index contributed by atoms with van der Waals surface area (Å²) in [6.45, 7) is 1.81. The van der Waals surface area contributed by atoms with Crippen LogP contribution in [0.2, 0.25) is 0 Å². The van der Waals surface area contributed by atoms with Gasteiger partial charge in [-0.15, -0.1) is 0 Å². The molecule has 0 atom stereocenters. The van der Waals surface area contributed by atoms with Crippen molar-refractivity contribution in [3.05, 3.63) is 18.2 Å². The van der Waals surface area contributed by atoms with Crippen molar-refractivity contribution in [1.29, 1.82) is 0 Å². The van der Waals surface area contributed by atoms with Crippen molar-refractivity contribution in [3.63, 3.8) is 0 Å². The quantitative estimate of drug-likeness (QED) is 0.848. The summed E-state index contributed by atoms with van der Waals surface area (Å²) in [6.07, 6.45) is 9.23. The monoisotopic (exact) mass is 233 g/mol. The third kappa shape index (κ3) is 2.08. The molecule has 0 radical (unpaired) electrons.